The summed E-state index contributed by atoms with van der Waals surface area (Å²) in [6.45, 7) is 4.92. The number of likely N-dealkylation sites (tertiary alicyclic amines) is 1. The average molecular weight is 309 g/mol. The van der Waals surface area contributed by atoms with Gasteiger partial charge in [0.15, 0.2) is 5.82 Å². The Kier molecular flexibility index (Phi) is 6.21. The van der Waals surface area contributed by atoms with Crippen molar-refractivity contribution in [3.63, 3.8) is 0 Å². The standard InChI is InChI=1S/C15H27N5O2/c1-12-10-14(18-19(12)2)17-15(22)16-7-3-4-8-20-9-5-6-13(20)11-21/h10,13,21H,3-9,11H2,1-2H3,(H2,16,17,18,22). The van der Waals surface area contributed by atoms with Gasteiger partial charge in [0, 0.05) is 31.4 Å². The van der Waals surface area contributed by atoms with E-state index in [9.17, 15) is 9.90 Å². The van der Waals surface area contributed by atoms with Gasteiger partial charge in [-0.25, -0.2) is 4.79 Å². The van der Waals surface area contributed by atoms with Gasteiger partial charge in [-0.2, -0.15) is 5.10 Å². The van der Waals surface area contributed by atoms with Gasteiger partial charge in [-0.3, -0.25) is 14.9 Å². The molecule has 1 fully saturated rings. The molecule has 1 aromatic rings. The average Bonchev–Trinajstić information content (AvgIpc) is 3.05. The molecule has 0 aliphatic carbocycles. The molecule has 1 aromatic heterocycles. The van der Waals surface area contributed by atoms with Gasteiger partial charge in [-0.05, 0) is 45.7 Å². The molecule has 7 heteroatoms. The van der Waals surface area contributed by atoms with Crippen molar-refractivity contribution in [3.05, 3.63) is 11.8 Å². The van der Waals surface area contributed by atoms with Gasteiger partial charge in [-0.1, -0.05) is 0 Å². The molecule has 1 unspecified atom stereocenters. The van der Waals surface area contributed by atoms with Crippen molar-refractivity contribution in [1.29, 1.82) is 0 Å². The van der Waals surface area contributed by atoms with Gasteiger partial charge in [0.2, 0.25) is 0 Å². The first kappa shape index (κ1) is 16.8. The van der Waals surface area contributed by atoms with Crippen molar-refractivity contribution in [2.45, 2.75) is 38.6 Å². The molecule has 3 N–H and O–H groups in total. The molecular formula is C15H27N5O2. The number of aliphatic hydroxyl groups is 1. The van der Waals surface area contributed by atoms with E-state index in [0.29, 0.717) is 18.4 Å². The highest BCUT2D eigenvalue weighted by Gasteiger charge is 2.22. The summed E-state index contributed by atoms with van der Waals surface area (Å²) in [5.41, 5.74) is 0.999. The Hall–Kier alpha value is -1.60. The molecule has 1 aliphatic rings. The molecule has 0 radical (unpaired) electrons. The number of urea groups is 1. The number of carbonyl (C=O) groups excluding carboxylic acids is 1. The highest BCUT2D eigenvalue weighted by molar-refractivity contribution is 5.88. The number of nitrogens with one attached hydrogen (secondary N) is 2. The Morgan fingerprint density at radius 1 is 1.50 bits per heavy atom. The molecule has 124 valence electrons. The lowest BCUT2D eigenvalue weighted by Gasteiger charge is -2.22. The van der Waals surface area contributed by atoms with E-state index in [4.69, 9.17) is 0 Å². The molecule has 2 amide bonds. The van der Waals surface area contributed by atoms with E-state index in [2.05, 4.69) is 20.6 Å². The summed E-state index contributed by atoms with van der Waals surface area (Å²) >= 11 is 0. The molecule has 0 bridgehead atoms. The minimum Gasteiger partial charge on any atom is -0.395 e. The zero-order valence-corrected chi connectivity index (χ0v) is 13.5. The molecule has 1 aliphatic heterocycles. The summed E-state index contributed by atoms with van der Waals surface area (Å²) in [6.07, 6.45) is 4.23. The minimum atomic E-state index is -0.215. The third-order valence-electron chi connectivity index (χ3n) is 4.22. The van der Waals surface area contributed by atoms with Crippen LogP contribution in [0.3, 0.4) is 0 Å². The maximum Gasteiger partial charge on any atom is 0.320 e. The van der Waals surface area contributed by atoms with Crippen molar-refractivity contribution in [1.82, 2.24) is 20.0 Å². The van der Waals surface area contributed by atoms with E-state index >= 15 is 0 Å². The number of carbonyl (C=O) groups is 1. The number of unbranched alkanes of at least 4 members (excludes halogenated alkanes) is 1. The summed E-state index contributed by atoms with van der Waals surface area (Å²) in [5, 5.41) is 19.0. The van der Waals surface area contributed by atoms with E-state index < -0.39 is 0 Å². The van der Waals surface area contributed by atoms with Crippen molar-refractivity contribution >= 4 is 11.8 Å². The van der Waals surface area contributed by atoms with Crippen molar-refractivity contribution in [2.75, 3.05) is 31.6 Å². The predicted molar refractivity (Wildman–Crippen MR) is 85.9 cm³/mol. The summed E-state index contributed by atoms with van der Waals surface area (Å²) in [6, 6.07) is 1.96. The van der Waals surface area contributed by atoms with Crippen LogP contribution in [0.25, 0.3) is 0 Å². The summed E-state index contributed by atoms with van der Waals surface area (Å²) in [7, 11) is 1.84. The van der Waals surface area contributed by atoms with Gasteiger partial charge in [0.25, 0.3) is 0 Å². The second-order valence-corrected chi connectivity index (χ2v) is 5.90. The van der Waals surface area contributed by atoms with Gasteiger partial charge in [-0.15, -0.1) is 0 Å². The second-order valence-electron chi connectivity index (χ2n) is 5.90. The third kappa shape index (κ3) is 4.71. The molecule has 1 saturated heterocycles. The monoisotopic (exact) mass is 309 g/mol. The highest BCUT2D eigenvalue weighted by atomic mass is 16.3. The lowest BCUT2D eigenvalue weighted by atomic mass is 10.2. The summed E-state index contributed by atoms with van der Waals surface area (Å²) < 4.78 is 1.73. The second kappa shape index (κ2) is 8.14. The molecule has 2 rings (SSSR count). The summed E-state index contributed by atoms with van der Waals surface area (Å²) in [4.78, 5) is 14.1. The number of aryl methyl sites for hydroxylation is 2. The lowest BCUT2D eigenvalue weighted by Crippen LogP contribution is -2.34. The fraction of sp³-hybridized carbons (Fsp3) is 0.733. The van der Waals surface area contributed by atoms with E-state index in [1.807, 2.05) is 20.0 Å². The van der Waals surface area contributed by atoms with Gasteiger partial charge < -0.3 is 10.4 Å². The molecule has 1 atom stereocenters. The SMILES string of the molecule is Cc1cc(NC(=O)NCCCCN2CCCC2CO)nn1C. The van der Waals surface area contributed by atoms with Crippen molar-refractivity contribution in [3.8, 4) is 0 Å². The number of hydrogen-bond acceptors (Lipinski definition) is 4. The smallest absolute Gasteiger partial charge is 0.320 e. The number of aliphatic hydroxyl groups excluding tert-OH is 1. The zero-order chi connectivity index (χ0) is 15.9. The van der Waals surface area contributed by atoms with Gasteiger partial charge in [0.05, 0.1) is 6.61 Å². The zero-order valence-electron chi connectivity index (χ0n) is 13.5. The Labute approximate surface area is 131 Å². The van der Waals surface area contributed by atoms with Gasteiger partial charge >= 0.3 is 6.03 Å². The fourth-order valence-electron chi connectivity index (χ4n) is 2.82. The predicted octanol–water partition coefficient (Wildman–Crippen LogP) is 1.09. The molecule has 7 nitrogen and oxygen atoms in total. The van der Waals surface area contributed by atoms with Crippen LogP contribution in [0.15, 0.2) is 6.07 Å². The van der Waals surface area contributed by atoms with Crippen LogP contribution in [0, 0.1) is 6.92 Å². The lowest BCUT2D eigenvalue weighted by molar-refractivity contribution is 0.157. The molecular weight excluding hydrogens is 282 g/mol. The van der Waals surface area contributed by atoms with E-state index in [1.165, 1.54) is 6.42 Å². The van der Waals surface area contributed by atoms with E-state index in [-0.39, 0.29) is 12.6 Å². The molecule has 0 saturated carbocycles. The first-order valence-corrected chi connectivity index (χ1v) is 8.00. The van der Waals surface area contributed by atoms with Crippen LogP contribution >= 0.6 is 0 Å². The first-order valence-electron chi connectivity index (χ1n) is 8.00. The maximum absolute atomic E-state index is 11.7. The number of amides is 2. The number of hydrogen-bond donors (Lipinski definition) is 3. The van der Waals surface area contributed by atoms with Crippen LogP contribution in [0.2, 0.25) is 0 Å². The largest absolute Gasteiger partial charge is 0.395 e. The molecule has 2 heterocycles. The number of anilines is 1. The Balaban J connectivity index is 1.57. The highest BCUT2D eigenvalue weighted by Crippen LogP contribution is 2.16. The molecule has 0 spiro atoms. The van der Waals surface area contributed by atoms with Crippen molar-refractivity contribution < 1.29 is 9.90 Å². The van der Waals surface area contributed by atoms with Crippen LogP contribution in [0.4, 0.5) is 10.6 Å². The van der Waals surface area contributed by atoms with E-state index in [1.54, 1.807) is 4.68 Å². The fourth-order valence-corrected chi connectivity index (χ4v) is 2.82. The summed E-state index contributed by atoms with van der Waals surface area (Å²) in [5.74, 6) is 0.570. The van der Waals surface area contributed by atoms with Gasteiger partial charge in [0.1, 0.15) is 0 Å². The van der Waals surface area contributed by atoms with E-state index in [0.717, 1.165) is 38.0 Å². The normalized spacial score (nSPS) is 18.6. The maximum atomic E-state index is 11.7. The molecule has 22 heavy (non-hydrogen) atoms. The quantitative estimate of drug-likeness (QED) is 0.658. The van der Waals surface area contributed by atoms with Crippen LogP contribution in [-0.2, 0) is 7.05 Å². The van der Waals surface area contributed by atoms with Crippen LogP contribution in [0.5, 0.6) is 0 Å². The Morgan fingerprint density at radius 3 is 3.00 bits per heavy atom. The third-order valence-corrected chi connectivity index (χ3v) is 4.22. The number of aromatic nitrogens is 2. The topological polar surface area (TPSA) is 82.4 Å². The first-order chi connectivity index (χ1) is 10.6. The minimum absolute atomic E-state index is 0.215. The van der Waals surface area contributed by atoms with Crippen LogP contribution in [-0.4, -0.2) is 58.1 Å². The number of nitrogens with zero attached hydrogens (tertiary/aromatic N) is 3. The Morgan fingerprint density at radius 2 is 2.32 bits per heavy atom. The van der Waals surface area contributed by atoms with Crippen LogP contribution < -0.4 is 10.6 Å². The number of rotatable bonds is 7. The molecule has 0 aromatic carbocycles. The van der Waals surface area contributed by atoms with Crippen LogP contribution in [0.1, 0.15) is 31.4 Å². The Bertz CT molecular complexity index is 469. The van der Waals surface area contributed by atoms with Crippen molar-refractivity contribution in [2.24, 2.45) is 7.05 Å².